The number of hydrogen-bond acceptors (Lipinski definition) is 3. The van der Waals surface area contributed by atoms with Crippen LogP contribution in [0.4, 0.5) is 17.1 Å². The molecule has 0 spiro atoms. The highest BCUT2D eigenvalue weighted by atomic mass is 16.1. The maximum Gasteiger partial charge on any atom is 0.161 e. The minimum Gasteiger partial charge on any atom is -0.399 e. The van der Waals surface area contributed by atoms with Crippen LogP contribution in [0.1, 0.15) is 17.3 Å². The molecule has 0 aromatic heterocycles. The molecule has 86 valence electrons. The molecule has 3 heteroatoms. The number of carbonyl (C=O) groups is 1. The summed E-state index contributed by atoms with van der Waals surface area (Å²) in [5.74, 6) is 0.0389. The summed E-state index contributed by atoms with van der Waals surface area (Å²) in [5.41, 5.74) is 8.74. The zero-order valence-corrected chi connectivity index (χ0v) is 9.60. The van der Waals surface area contributed by atoms with Crippen LogP contribution in [-0.4, -0.2) is 5.78 Å². The number of ketones is 1. The van der Waals surface area contributed by atoms with E-state index < -0.39 is 0 Å². The number of benzene rings is 2. The molecular weight excluding hydrogens is 212 g/mol. The molecule has 0 radical (unpaired) electrons. The van der Waals surface area contributed by atoms with Crippen LogP contribution in [0.3, 0.4) is 0 Å². The Labute approximate surface area is 100 Å². The fraction of sp³-hybridized carbons (Fsp3) is 0.0714. The molecule has 0 saturated carbocycles. The standard InChI is InChI=1S/C14H14N2O/c1-10(17)13-7-2-3-8-14(13)16-12-6-4-5-11(15)9-12/h2-9,16H,15H2,1H3. The molecule has 0 unspecified atom stereocenters. The highest BCUT2D eigenvalue weighted by Gasteiger charge is 2.05. The van der Waals surface area contributed by atoms with Crippen molar-refractivity contribution in [2.24, 2.45) is 0 Å². The highest BCUT2D eigenvalue weighted by molar-refractivity contribution is 6.00. The summed E-state index contributed by atoms with van der Waals surface area (Å²) in [6.45, 7) is 1.56. The molecule has 0 heterocycles. The largest absolute Gasteiger partial charge is 0.399 e. The van der Waals surface area contributed by atoms with Gasteiger partial charge in [0.05, 0.1) is 0 Å². The molecule has 2 rings (SSSR count). The highest BCUT2D eigenvalue weighted by Crippen LogP contribution is 2.22. The van der Waals surface area contributed by atoms with Crippen LogP contribution in [-0.2, 0) is 0 Å². The average molecular weight is 226 g/mol. The molecule has 0 aliphatic heterocycles. The van der Waals surface area contributed by atoms with Gasteiger partial charge in [0.1, 0.15) is 0 Å². The molecule has 0 fully saturated rings. The van der Waals surface area contributed by atoms with Gasteiger partial charge in [-0.1, -0.05) is 18.2 Å². The van der Waals surface area contributed by atoms with E-state index in [9.17, 15) is 4.79 Å². The summed E-state index contributed by atoms with van der Waals surface area (Å²) in [5, 5.41) is 3.19. The van der Waals surface area contributed by atoms with Gasteiger partial charge in [0, 0.05) is 22.6 Å². The van der Waals surface area contributed by atoms with Crippen molar-refractivity contribution in [2.75, 3.05) is 11.1 Å². The fourth-order valence-corrected chi connectivity index (χ4v) is 1.67. The number of nitrogen functional groups attached to an aromatic ring is 1. The van der Waals surface area contributed by atoms with Crippen LogP contribution in [0, 0.1) is 0 Å². The first kappa shape index (κ1) is 11.2. The van der Waals surface area contributed by atoms with Gasteiger partial charge < -0.3 is 11.1 Å². The van der Waals surface area contributed by atoms with Crippen LogP contribution in [0.25, 0.3) is 0 Å². The molecule has 3 N–H and O–H groups in total. The van der Waals surface area contributed by atoms with Crippen LogP contribution in [0.15, 0.2) is 48.5 Å². The molecule has 0 aliphatic carbocycles. The number of hydrogen-bond donors (Lipinski definition) is 2. The Kier molecular flexibility index (Phi) is 3.10. The number of anilines is 3. The monoisotopic (exact) mass is 226 g/mol. The third kappa shape index (κ3) is 2.64. The summed E-state index contributed by atoms with van der Waals surface area (Å²) in [6, 6.07) is 14.8. The van der Waals surface area contributed by atoms with Gasteiger partial charge in [0.2, 0.25) is 0 Å². The molecule has 2 aromatic rings. The van der Waals surface area contributed by atoms with Crippen LogP contribution < -0.4 is 11.1 Å². The van der Waals surface area contributed by atoms with Gasteiger partial charge in [-0.3, -0.25) is 4.79 Å². The molecule has 0 saturated heterocycles. The second-order valence-corrected chi connectivity index (χ2v) is 3.85. The van der Waals surface area contributed by atoms with Gasteiger partial charge >= 0.3 is 0 Å². The zero-order chi connectivity index (χ0) is 12.3. The fourth-order valence-electron chi connectivity index (χ4n) is 1.67. The Morgan fingerprint density at radius 1 is 1.12 bits per heavy atom. The van der Waals surface area contributed by atoms with E-state index in [0.29, 0.717) is 11.3 Å². The minimum atomic E-state index is 0.0389. The van der Waals surface area contributed by atoms with Crippen LogP contribution >= 0.6 is 0 Å². The molecule has 0 aliphatic rings. The Hall–Kier alpha value is -2.29. The summed E-state index contributed by atoms with van der Waals surface area (Å²) < 4.78 is 0. The van der Waals surface area contributed by atoms with Gasteiger partial charge in [-0.2, -0.15) is 0 Å². The first-order valence-electron chi connectivity index (χ1n) is 5.39. The van der Waals surface area contributed by atoms with Crippen molar-refractivity contribution in [1.82, 2.24) is 0 Å². The lowest BCUT2D eigenvalue weighted by Crippen LogP contribution is -2.00. The van der Waals surface area contributed by atoms with Gasteiger partial charge in [-0.25, -0.2) is 0 Å². The lowest BCUT2D eigenvalue weighted by molar-refractivity contribution is 0.101. The Bertz CT molecular complexity index is 549. The van der Waals surface area contributed by atoms with Crippen molar-refractivity contribution < 1.29 is 4.79 Å². The third-order valence-electron chi connectivity index (χ3n) is 2.47. The van der Waals surface area contributed by atoms with E-state index in [1.165, 1.54) is 0 Å². The molecular formula is C14H14N2O. The third-order valence-corrected chi connectivity index (χ3v) is 2.47. The SMILES string of the molecule is CC(=O)c1ccccc1Nc1cccc(N)c1. The first-order valence-corrected chi connectivity index (χ1v) is 5.39. The van der Waals surface area contributed by atoms with Crippen molar-refractivity contribution in [2.45, 2.75) is 6.92 Å². The molecule has 17 heavy (non-hydrogen) atoms. The van der Waals surface area contributed by atoms with Crippen molar-refractivity contribution >= 4 is 22.8 Å². The number of nitrogens with two attached hydrogens (primary N) is 1. The van der Waals surface area contributed by atoms with Crippen molar-refractivity contribution in [3.8, 4) is 0 Å². The van der Waals surface area contributed by atoms with Gasteiger partial charge in [0.15, 0.2) is 5.78 Å². The predicted molar refractivity (Wildman–Crippen MR) is 70.6 cm³/mol. The second-order valence-electron chi connectivity index (χ2n) is 3.85. The smallest absolute Gasteiger partial charge is 0.161 e. The van der Waals surface area contributed by atoms with Crippen LogP contribution in [0.2, 0.25) is 0 Å². The number of Topliss-reactive ketones (excluding diaryl/α,β-unsaturated/α-hetero) is 1. The maximum absolute atomic E-state index is 11.5. The number of carbonyl (C=O) groups excluding carboxylic acids is 1. The van der Waals surface area contributed by atoms with E-state index >= 15 is 0 Å². The van der Waals surface area contributed by atoms with E-state index in [-0.39, 0.29) is 5.78 Å². The lowest BCUT2D eigenvalue weighted by Gasteiger charge is -2.10. The Balaban J connectivity index is 2.33. The average Bonchev–Trinajstić information content (AvgIpc) is 2.29. The summed E-state index contributed by atoms with van der Waals surface area (Å²) in [4.78, 5) is 11.5. The lowest BCUT2D eigenvalue weighted by atomic mass is 10.1. The van der Waals surface area contributed by atoms with Gasteiger partial charge in [-0.15, -0.1) is 0 Å². The maximum atomic E-state index is 11.5. The molecule has 0 atom stereocenters. The molecule has 2 aromatic carbocycles. The number of rotatable bonds is 3. The number of nitrogens with one attached hydrogen (secondary N) is 1. The molecule has 3 nitrogen and oxygen atoms in total. The topological polar surface area (TPSA) is 55.1 Å². The second kappa shape index (κ2) is 4.70. The zero-order valence-electron chi connectivity index (χ0n) is 9.60. The van der Waals surface area contributed by atoms with E-state index in [1.807, 2.05) is 42.5 Å². The van der Waals surface area contributed by atoms with E-state index in [4.69, 9.17) is 5.73 Å². The Morgan fingerprint density at radius 2 is 1.88 bits per heavy atom. The van der Waals surface area contributed by atoms with E-state index in [2.05, 4.69) is 5.32 Å². The van der Waals surface area contributed by atoms with E-state index in [1.54, 1.807) is 13.0 Å². The van der Waals surface area contributed by atoms with Crippen molar-refractivity contribution in [3.63, 3.8) is 0 Å². The van der Waals surface area contributed by atoms with Gasteiger partial charge in [0.25, 0.3) is 0 Å². The van der Waals surface area contributed by atoms with Crippen molar-refractivity contribution in [1.29, 1.82) is 0 Å². The quantitative estimate of drug-likeness (QED) is 0.624. The summed E-state index contributed by atoms with van der Waals surface area (Å²) in [7, 11) is 0. The van der Waals surface area contributed by atoms with E-state index in [0.717, 1.165) is 11.4 Å². The van der Waals surface area contributed by atoms with Gasteiger partial charge in [-0.05, 0) is 37.3 Å². The number of para-hydroxylation sites is 1. The normalized spacial score (nSPS) is 9.94. The predicted octanol–water partition coefficient (Wildman–Crippen LogP) is 3.21. The first-order chi connectivity index (χ1) is 8.16. The minimum absolute atomic E-state index is 0.0389. The summed E-state index contributed by atoms with van der Waals surface area (Å²) >= 11 is 0. The summed E-state index contributed by atoms with van der Waals surface area (Å²) in [6.07, 6.45) is 0. The Morgan fingerprint density at radius 3 is 2.59 bits per heavy atom. The molecule has 0 amide bonds. The van der Waals surface area contributed by atoms with Crippen molar-refractivity contribution in [3.05, 3.63) is 54.1 Å². The van der Waals surface area contributed by atoms with Crippen LogP contribution in [0.5, 0.6) is 0 Å². The molecule has 0 bridgehead atoms.